The van der Waals surface area contributed by atoms with Crippen LogP contribution in [0.5, 0.6) is 0 Å². The van der Waals surface area contributed by atoms with E-state index in [1.54, 1.807) is 34.1 Å². The van der Waals surface area contributed by atoms with E-state index >= 15 is 4.39 Å². The summed E-state index contributed by atoms with van der Waals surface area (Å²) in [6.07, 6.45) is 11.1. The first-order valence-electron chi connectivity index (χ1n) is 24.8. The first-order valence-corrected chi connectivity index (χ1v) is 24.8. The zero-order valence-electron chi connectivity index (χ0n) is 38.6. The second-order valence-corrected chi connectivity index (χ2v) is 19.3. The van der Waals surface area contributed by atoms with E-state index in [9.17, 15) is 24.0 Å². The van der Waals surface area contributed by atoms with Crippen LogP contribution >= 0.6 is 0 Å². The number of piperazine rings is 1. The fourth-order valence-corrected chi connectivity index (χ4v) is 11.0. The highest BCUT2D eigenvalue weighted by atomic mass is 19.1. The first-order chi connectivity index (χ1) is 32.7. The number of hydrogen-bond acceptors (Lipinski definition) is 9. The summed E-state index contributed by atoms with van der Waals surface area (Å²) < 4.78 is 21.7. The molecule has 356 valence electrons. The molecule has 0 spiro atoms. The predicted molar refractivity (Wildman–Crippen MR) is 253 cm³/mol. The van der Waals surface area contributed by atoms with Gasteiger partial charge in [0.15, 0.2) is 0 Å². The van der Waals surface area contributed by atoms with Gasteiger partial charge in [-0.3, -0.25) is 28.9 Å². The Labute approximate surface area is 392 Å². The lowest BCUT2D eigenvalue weighted by Crippen LogP contribution is -2.55. The van der Waals surface area contributed by atoms with Gasteiger partial charge in [0.25, 0.3) is 17.4 Å². The molecule has 5 fully saturated rings. The average Bonchev–Trinajstić information content (AvgIpc) is 3.38. The summed E-state index contributed by atoms with van der Waals surface area (Å²) >= 11 is 0. The fourth-order valence-electron chi connectivity index (χ4n) is 11.0. The second-order valence-electron chi connectivity index (χ2n) is 19.3. The van der Waals surface area contributed by atoms with Crippen molar-refractivity contribution in [1.82, 2.24) is 40.4 Å². The van der Waals surface area contributed by atoms with Crippen molar-refractivity contribution in [3.05, 3.63) is 111 Å². The van der Waals surface area contributed by atoms with Crippen molar-refractivity contribution >= 4 is 34.4 Å². The summed E-state index contributed by atoms with van der Waals surface area (Å²) in [7, 11) is 0. The summed E-state index contributed by atoms with van der Waals surface area (Å²) in [5.41, 5.74) is 2.89. The van der Waals surface area contributed by atoms with E-state index in [-0.39, 0.29) is 47.0 Å². The monoisotopic (exact) mass is 917 g/mol. The summed E-state index contributed by atoms with van der Waals surface area (Å²) in [4.78, 5) is 74.5. The maximum atomic E-state index is 15.1. The van der Waals surface area contributed by atoms with Crippen LogP contribution < -0.4 is 16.2 Å². The average molecular weight is 917 g/mol. The molecule has 4 aromatic rings. The van der Waals surface area contributed by atoms with Crippen LogP contribution in [-0.4, -0.2) is 144 Å². The number of ether oxygens (including phenoxy) is 1. The van der Waals surface area contributed by atoms with Crippen molar-refractivity contribution in [2.45, 2.75) is 101 Å². The van der Waals surface area contributed by atoms with Gasteiger partial charge in [-0.05, 0) is 118 Å². The number of amides is 4. The molecule has 4 saturated heterocycles. The lowest BCUT2D eigenvalue weighted by Gasteiger charge is -2.40. The molecule has 9 rings (SSSR count). The number of hydrogen-bond donors (Lipinski definition) is 3. The number of aromatic nitrogens is 2. The van der Waals surface area contributed by atoms with Crippen LogP contribution in [0, 0.1) is 11.7 Å². The molecule has 1 aromatic heterocycles. The van der Waals surface area contributed by atoms with Gasteiger partial charge in [0.1, 0.15) is 11.9 Å². The van der Waals surface area contributed by atoms with E-state index in [0.717, 1.165) is 90.4 Å². The molecule has 1 saturated carbocycles. The Morgan fingerprint density at radius 1 is 0.731 bits per heavy atom. The minimum atomic E-state index is -0.607. The van der Waals surface area contributed by atoms with E-state index < -0.39 is 17.8 Å². The number of likely N-dealkylation sites (tertiary alicyclic amines) is 2. The molecular formula is C52H65FN8O6. The zero-order valence-corrected chi connectivity index (χ0v) is 38.6. The van der Waals surface area contributed by atoms with Crippen LogP contribution in [-0.2, 0) is 20.7 Å². The summed E-state index contributed by atoms with van der Waals surface area (Å²) in [5, 5.41) is 14.6. The molecule has 3 N–H and O–H groups in total. The van der Waals surface area contributed by atoms with Crippen LogP contribution in [0.1, 0.15) is 114 Å². The number of H-pyrrole nitrogens is 1. The number of carbonyl (C=O) groups is 4. The molecule has 4 amide bonds. The first kappa shape index (κ1) is 46.6. The highest BCUT2D eigenvalue weighted by Crippen LogP contribution is 2.30. The number of benzene rings is 3. The molecule has 14 nitrogen and oxygen atoms in total. The summed E-state index contributed by atoms with van der Waals surface area (Å²) in [5.74, 6) is -0.490. The van der Waals surface area contributed by atoms with Gasteiger partial charge in [-0.25, -0.2) is 9.49 Å². The Hall–Kier alpha value is -5.51. The highest BCUT2D eigenvalue weighted by Gasteiger charge is 2.37. The number of nitrogens with zero attached hydrogens (tertiary/aromatic N) is 5. The standard InChI is InChI=1S/C52H65FN8O6/c53-45-15-10-35(33-46-42-8-4-5-9-43(42)50(64)57-56-46)32-44(45)51(65)61-30-28-59(29-31-61)47(62)34-58-24-18-40(19-25-58)67-41-20-26-60(27-21-41)52(66)48(38-6-2-1-3-7-38)55-49(63)39-13-11-36(12-14-39)37-16-22-54-23-17-37/h4-5,8-15,32,37-38,40-41,48,54H,1-3,6-7,16-31,33-34H2,(H,55,63)(H,57,64)/t48-/m1/s1. The number of fused-ring (bicyclic) bond motifs is 1. The van der Waals surface area contributed by atoms with Crippen LogP contribution in [0.15, 0.2) is 71.5 Å². The third-order valence-electron chi connectivity index (χ3n) is 15.0. The van der Waals surface area contributed by atoms with Gasteiger partial charge in [0.05, 0.1) is 35.4 Å². The van der Waals surface area contributed by atoms with E-state index in [1.165, 1.54) is 18.1 Å². The van der Waals surface area contributed by atoms with Gasteiger partial charge < -0.3 is 30.1 Å². The van der Waals surface area contributed by atoms with Gasteiger partial charge >= 0.3 is 0 Å². The van der Waals surface area contributed by atoms with Crippen LogP contribution in [0.4, 0.5) is 4.39 Å². The smallest absolute Gasteiger partial charge is 0.272 e. The normalized spacial score (nSPS) is 20.2. The van der Waals surface area contributed by atoms with Crippen LogP contribution in [0.3, 0.4) is 0 Å². The van der Waals surface area contributed by atoms with Gasteiger partial charge in [-0.2, -0.15) is 5.10 Å². The quantitative estimate of drug-likeness (QED) is 0.173. The number of carbonyl (C=O) groups excluding carboxylic acids is 4. The minimum absolute atomic E-state index is 0.0190. The lowest BCUT2D eigenvalue weighted by molar-refractivity contribution is -0.140. The third-order valence-corrected chi connectivity index (χ3v) is 15.0. The Balaban J connectivity index is 0.700. The van der Waals surface area contributed by atoms with Gasteiger partial charge in [-0.1, -0.05) is 55.7 Å². The number of rotatable bonds is 12. The molecular weight excluding hydrogens is 852 g/mol. The van der Waals surface area contributed by atoms with Crippen molar-refractivity contribution in [2.75, 3.05) is 72.0 Å². The summed E-state index contributed by atoms with van der Waals surface area (Å²) in [6, 6.07) is 19.1. The molecule has 0 bridgehead atoms. The van der Waals surface area contributed by atoms with Crippen molar-refractivity contribution in [3.8, 4) is 0 Å². The topological polar surface area (TPSA) is 160 Å². The van der Waals surface area contributed by atoms with E-state index in [2.05, 4.69) is 37.9 Å². The van der Waals surface area contributed by atoms with Gasteiger partial charge in [0, 0.05) is 69.7 Å². The molecule has 1 aliphatic carbocycles. The van der Waals surface area contributed by atoms with Crippen LogP contribution in [0.25, 0.3) is 10.8 Å². The minimum Gasteiger partial charge on any atom is -0.375 e. The van der Waals surface area contributed by atoms with Gasteiger partial charge in [-0.15, -0.1) is 0 Å². The molecule has 67 heavy (non-hydrogen) atoms. The van der Waals surface area contributed by atoms with Crippen molar-refractivity contribution in [1.29, 1.82) is 0 Å². The summed E-state index contributed by atoms with van der Waals surface area (Å²) in [6.45, 7) is 6.41. The zero-order chi connectivity index (χ0) is 46.3. The molecule has 0 radical (unpaired) electrons. The molecule has 5 aliphatic rings. The number of piperidine rings is 3. The number of aromatic amines is 1. The fraction of sp³-hybridized carbons (Fsp3) is 0.538. The van der Waals surface area contributed by atoms with E-state index in [0.29, 0.717) is 85.7 Å². The van der Waals surface area contributed by atoms with E-state index in [1.807, 2.05) is 29.2 Å². The maximum Gasteiger partial charge on any atom is 0.272 e. The Kier molecular flexibility index (Phi) is 15.0. The Morgan fingerprint density at radius 2 is 1.39 bits per heavy atom. The van der Waals surface area contributed by atoms with Crippen molar-refractivity contribution in [2.24, 2.45) is 5.92 Å². The predicted octanol–water partition coefficient (Wildman–Crippen LogP) is 5.26. The second kappa shape index (κ2) is 21.6. The molecule has 15 heteroatoms. The Morgan fingerprint density at radius 3 is 2.09 bits per heavy atom. The lowest BCUT2D eigenvalue weighted by atomic mass is 9.83. The van der Waals surface area contributed by atoms with Crippen molar-refractivity contribution < 1.29 is 28.3 Å². The number of halogens is 1. The molecule has 1 atom stereocenters. The highest BCUT2D eigenvalue weighted by molar-refractivity contribution is 5.98. The Bertz CT molecular complexity index is 2430. The maximum absolute atomic E-state index is 15.1. The molecule has 3 aromatic carbocycles. The molecule has 0 unspecified atom stereocenters. The van der Waals surface area contributed by atoms with Crippen LogP contribution in [0.2, 0.25) is 0 Å². The van der Waals surface area contributed by atoms with Gasteiger partial charge in [0.2, 0.25) is 11.8 Å². The SMILES string of the molecule is O=C(N[C@@H](C(=O)N1CCC(OC2CCN(CC(=O)N3CCN(C(=O)c4cc(Cc5n[nH]c(=O)c6ccccc56)ccc4F)CC3)CC2)CC1)C1CCCCC1)c1ccc(C2CCNCC2)cc1. The van der Waals surface area contributed by atoms with E-state index in [4.69, 9.17) is 4.74 Å². The largest absolute Gasteiger partial charge is 0.375 e. The molecule has 5 heterocycles. The van der Waals surface area contributed by atoms with Crippen molar-refractivity contribution in [3.63, 3.8) is 0 Å². The third kappa shape index (κ3) is 11.3. The number of nitrogens with one attached hydrogen (secondary N) is 3. The molecule has 4 aliphatic heterocycles.